The van der Waals surface area contributed by atoms with Crippen LogP contribution in [0.5, 0.6) is 0 Å². The van der Waals surface area contributed by atoms with Crippen LogP contribution >= 0.6 is 11.8 Å². The number of carbonyl (C=O) groups excluding carboxylic acids is 1. The molecule has 2 heterocycles. The molecule has 158 valence electrons. The molecule has 0 saturated carbocycles. The van der Waals surface area contributed by atoms with Crippen molar-refractivity contribution in [3.8, 4) is 0 Å². The first-order valence-electron chi connectivity index (χ1n) is 9.72. The number of hydrogen-bond donors (Lipinski definition) is 0. The Hall–Kier alpha value is -1.84. The lowest BCUT2D eigenvalue weighted by Crippen LogP contribution is -2.38. The van der Waals surface area contributed by atoms with Crippen molar-refractivity contribution in [3.05, 3.63) is 47.3 Å². The van der Waals surface area contributed by atoms with Gasteiger partial charge in [0.1, 0.15) is 10.6 Å². The summed E-state index contributed by atoms with van der Waals surface area (Å²) in [4.78, 5) is 14.5. The fourth-order valence-electron chi connectivity index (χ4n) is 3.44. The topological polar surface area (TPSA) is 83.7 Å². The van der Waals surface area contributed by atoms with Gasteiger partial charge in [0.05, 0.1) is 5.75 Å². The second kappa shape index (κ2) is 9.77. The molecule has 0 spiro atoms. The molecule has 1 aromatic heterocycles. The van der Waals surface area contributed by atoms with Gasteiger partial charge in [-0.1, -0.05) is 35.5 Å². The Bertz CT molecular complexity index is 909. The van der Waals surface area contributed by atoms with Crippen molar-refractivity contribution in [2.24, 2.45) is 0 Å². The van der Waals surface area contributed by atoms with Gasteiger partial charge in [-0.3, -0.25) is 4.79 Å². The van der Waals surface area contributed by atoms with Gasteiger partial charge in [0.2, 0.25) is 15.9 Å². The monoisotopic (exact) mass is 437 g/mol. The summed E-state index contributed by atoms with van der Waals surface area (Å²) in [6.45, 7) is 4.88. The first-order chi connectivity index (χ1) is 13.9. The van der Waals surface area contributed by atoms with Crippen LogP contribution in [-0.4, -0.2) is 66.4 Å². The molecule has 0 aliphatic carbocycles. The predicted octanol–water partition coefficient (Wildman–Crippen LogP) is 2.49. The van der Waals surface area contributed by atoms with Gasteiger partial charge >= 0.3 is 0 Å². The second-order valence-corrected chi connectivity index (χ2v) is 10.1. The van der Waals surface area contributed by atoms with Crippen LogP contribution in [0.2, 0.25) is 0 Å². The molecule has 0 bridgehead atoms. The van der Waals surface area contributed by atoms with Gasteiger partial charge in [0.15, 0.2) is 5.76 Å². The zero-order valence-corrected chi connectivity index (χ0v) is 18.5. The summed E-state index contributed by atoms with van der Waals surface area (Å²) in [5, 5.41) is 3.76. The van der Waals surface area contributed by atoms with Crippen LogP contribution in [-0.2, 0) is 21.2 Å². The van der Waals surface area contributed by atoms with Crippen molar-refractivity contribution in [3.63, 3.8) is 0 Å². The van der Waals surface area contributed by atoms with E-state index in [1.54, 1.807) is 30.5 Å². The summed E-state index contributed by atoms with van der Waals surface area (Å²) in [6, 6.07) is 10.2. The zero-order valence-electron chi connectivity index (χ0n) is 16.8. The normalized spacial score (nSPS) is 16.0. The van der Waals surface area contributed by atoms with Crippen LogP contribution in [0.4, 0.5) is 0 Å². The summed E-state index contributed by atoms with van der Waals surface area (Å²) >= 11 is 1.62. The van der Waals surface area contributed by atoms with Crippen LogP contribution < -0.4 is 0 Å². The minimum atomic E-state index is -3.67. The molecule has 0 atom stereocenters. The predicted molar refractivity (Wildman–Crippen MR) is 113 cm³/mol. The Balaban J connectivity index is 1.51. The van der Waals surface area contributed by atoms with E-state index >= 15 is 0 Å². The molecule has 0 radical (unpaired) electrons. The fourth-order valence-corrected chi connectivity index (χ4v) is 6.08. The van der Waals surface area contributed by atoms with Crippen molar-refractivity contribution in [2.45, 2.75) is 31.6 Å². The van der Waals surface area contributed by atoms with Gasteiger partial charge in [-0.15, -0.1) is 0 Å². The lowest BCUT2D eigenvalue weighted by atomic mass is 10.2. The molecule has 29 heavy (non-hydrogen) atoms. The molecule has 7 nitrogen and oxygen atoms in total. The van der Waals surface area contributed by atoms with Gasteiger partial charge in [-0.25, -0.2) is 8.42 Å². The number of aromatic nitrogens is 1. The van der Waals surface area contributed by atoms with E-state index in [0.717, 1.165) is 12.2 Å². The molecule has 1 aromatic carbocycles. The Labute approximate surface area is 176 Å². The maximum atomic E-state index is 13.0. The molecular formula is C20H27N3O4S2. The average Bonchev–Trinajstić information content (AvgIpc) is 2.91. The third-order valence-electron chi connectivity index (χ3n) is 4.98. The van der Waals surface area contributed by atoms with Crippen molar-refractivity contribution < 1.29 is 17.7 Å². The van der Waals surface area contributed by atoms with Crippen LogP contribution in [0, 0.1) is 13.8 Å². The highest BCUT2D eigenvalue weighted by Crippen LogP contribution is 2.24. The molecule has 0 N–H and O–H groups in total. The first kappa shape index (κ1) is 21.9. The van der Waals surface area contributed by atoms with Crippen LogP contribution in [0.15, 0.2) is 39.8 Å². The molecule has 9 heteroatoms. The average molecular weight is 438 g/mol. The smallest absolute Gasteiger partial charge is 0.248 e. The van der Waals surface area contributed by atoms with Gasteiger partial charge < -0.3 is 9.42 Å². The van der Waals surface area contributed by atoms with E-state index in [1.807, 2.05) is 18.2 Å². The van der Waals surface area contributed by atoms with E-state index in [4.69, 9.17) is 4.52 Å². The highest BCUT2D eigenvalue weighted by Gasteiger charge is 2.32. The molecule has 0 unspecified atom stereocenters. The van der Waals surface area contributed by atoms with E-state index in [0.29, 0.717) is 43.3 Å². The van der Waals surface area contributed by atoms with Gasteiger partial charge in [0.25, 0.3) is 0 Å². The molecule has 1 amide bonds. The molecular weight excluding hydrogens is 410 g/mol. The minimum absolute atomic E-state index is 0.0691. The zero-order chi connectivity index (χ0) is 20.9. The Morgan fingerprint density at radius 3 is 2.59 bits per heavy atom. The summed E-state index contributed by atoms with van der Waals surface area (Å²) in [5.41, 5.74) is 1.64. The van der Waals surface area contributed by atoms with Crippen molar-refractivity contribution >= 4 is 27.7 Å². The number of carbonyl (C=O) groups is 1. The molecule has 1 saturated heterocycles. The lowest BCUT2D eigenvalue weighted by molar-refractivity contribution is -0.128. The number of nitrogens with zero attached hydrogens (tertiary/aromatic N) is 3. The minimum Gasteiger partial charge on any atom is -0.360 e. The van der Waals surface area contributed by atoms with E-state index in [-0.39, 0.29) is 17.3 Å². The quantitative estimate of drug-likeness (QED) is 0.619. The van der Waals surface area contributed by atoms with Crippen molar-refractivity contribution in [1.29, 1.82) is 0 Å². The SMILES string of the molecule is Cc1noc(C)c1S(=O)(=O)N1CCCN(C(=O)CSCCc2ccccc2)CC1. The van der Waals surface area contributed by atoms with Gasteiger partial charge in [-0.05, 0) is 38.0 Å². The van der Waals surface area contributed by atoms with E-state index in [9.17, 15) is 13.2 Å². The number of benzene rings is 1. The standard InChI is InChI=1S/C20H27N3O4S2/c1-16-20(17(2)27-21-16)29(25,26)23-11-6-10-22(12-13-23)19(24)15-28-14-9-18-7-4-3-5-8-18/h3-5,7-8H,6,9-15H2,1-2H3. The van der Waals surface area contributed by atoms with Crippen LogP contribution in [0.25, 0.3) is 0 Å². The molecule has 3 rings (SSSR count). The second-order valence-electron chi connectivity index (χ2n) is 7.08. The molecule has 1 fully saturated rings. The van der Waals surface area contributed by atoms with Crippen LogP contribution in [0.1, 0.15) is 23.4 Å². The Morgan fingerprint density at radius 2 is 1.90 bits per heavy atom. The number of aryl methyl sites for hydroxylation is 3. The van der Waals surface area contributed by atoms with Crippen LogP contribution in [0.3, 0.4) is 0 Å². The highest BCUT2D eigenvalue weighted by molar-refractivity contribution is 7.99. The fraction of sp³-hybridized carbons (Fsp3) is 0.500. The third-order valence-corrected chi connectivity index (χ3v) is 8.06. The number of rotatable bonds is 7. The van der Waals surface area contributed by atoms with E-state index < -0.39 is 10.0 Å². The van der Waals surface area contributed by atoms with Crippen molar-refractivity contribution in [1.82, 2.24) is 14.4 Å². The van der Waals surface area contributed by atoms with E-state index in [2.05, 4.69) is 17.3 Å². The Kier molecular flexibility index (Phi) is 7.37. The van der Waals surface area contributed by atoms with Gasteiger partial charge in [0, 0.05) is 26.2 Å². The summed E-state index contributed by atoms with van der Waals surface area (Å²) in [6.07, 6.45) is 1.55. The maximum Gasteiger partial charge on any atom is 0.248 e. The summed E-state index contributed by atoms with van der Waals surface area (Å²) in [5.74, 6) is 1.67. The number of sulfonamides is 1. The Morgan fingerprint density at radius 1 is 1.14 bits per heavy atom. The largest absolute Gasteiger partial charge is 0.360 e. The summed E-state index contributed by atoms with van der Waals surface area (Å²) < 4.78 is 32.4. The molecule has 1 aliphatic rings. The van der Waals surface area contributed by atoms with Gasteiger partial charge in [-0.2, -0.15) is 16.1 Å². The maximum absolute atomic E-state index is 13.0. The van der Waals surface area contributed by atoms with Crippen molar-refractivity contribution in [2.75, 3.05) is 37.7 Å². The molecule has 1 aliphatic heterocycles. The highest BCUT2D eigenvalue weighted by atomic mass is 32.2. The number of hydrogen-bond acceptors (Lipinski definition) is 6. The first-order valence-corrected chi connectivity index (χ1v) is 12.3. The third kappa shape index (κ3) is 5.40. The van der Waals surface area contributed by atoms with E-state index in [1.165, 1.54) is 9.87 Å². The molecule has 2 aromatic rings. The lowest BCUT2D eigenvalue weighted by Gasteiger charge is -2.21. The number of thioether (sulfide) groups is 1. The number of amides is 1. The summed E-state index contributed by atoms with van der Waals surface area (Å²) in [7, 11) is -3.67.